The molecule has 0 atom stereocenters. The number of rotatable bonds is 5. The molecule has 4 N–H and O–H groups in total. The molecule has 0 aliphatic heterocycles. The topological polar surface area (TPSA) is 90.9 Å². The van der Waals surface area contributed by atoms with E-state index in [0.29, 0.717) is 28.9 Å². The first kappa shape index (κ1) is 15.9. The van der Waals surface area contributed by atoms with E-state index < -0.39 is 5.91 Å². The Morgan fingerprint density at radius 3 is 2.80 bits per heavy atom. The molecule has 0 saturated carbocycles. The summed E-state index contributed by atoms with van der Waals surface area (Å²) in [6, 6.07) is 6.82. The molecule has 0 fully saturated rings. The van der Waals surface area contributed by atoms with Crippen molar-refractivity contribution in [2.75, 3.05) is 17.6 Å². The van der Waals surface area contributed by atoms with Crippen LogP contribution in [-0.2, 0) is 4.79 Å². The molecule has 0 aliphatic carbocycles. The SMILES string of the molecule is CC(C)CNC(=O)/C(C#N)=C\Nc1ccc(N)c(Cl)c1. The van der Waals surface area contributed by atoms with E-state index >= 15 is 0 Å². The fourth-order valence-electron chi connectivity index (χ4n) is 1.31. The molecule has 1 aromatic rings. The van der Waals surface area contributed by atoms with E-state index in [1.165, 1.54) is 6.20 Å². The Kier molecular flexibility index (Phi) is 5.88. The summed E-state index contributed by atoms with van der Waals surface area (Å²) in [5.41, 5.74) is 6.71. The smallest absolute Gasteiger partial charge is 0.263 e. The number of halogens is 1. The van der Waals surface area contributed by atoms with Gasteiger partial charge in [0.15, 0.2) is 0 Å². The Balaban J connectivity index is 2.72. The van der Waals surface area contributed by atoms with Gasteiger partial charge in [0.05, 0.1) is 10.7 Å². The maximum Gasteiger partial charge on any atom is 0.263 e. The number of nitrogen functional groups attached to an aromatic ring is 1. The zero-order chi connectivity index (χ0) is 15.1. The first-order chi connectivity index (χ1) is 9.43. The Bertz CT molecular complexity index is 561. The second-order valence-electron chi connectivity index (χ2n) is 4.65. The molecule has 0 bridgehead atoms. The summed E-state index contributed by atoms with van der Waals surface area (Å²) in [4.78, 5) is 11.7. The van der Waals surface area contributed by atoms with E-state index in [0.717, 1.165) is 0 Å². The number of benzene rings is 1. The maximum atomic E-state index is 11.7. The third kappa shape index (κ3) is 4.82. The summed E-state index contributed by atoms with van der Waals surface area (Å²) in [7, 11) is 0. The van der Waals surface area contributed by atoms with Crippen LogP contribution in [0.25, 0.3) is 0 Å². The lowest BCUT2D eigenvalue weighted by Crippen LogP contribution is -2.28. The predicted molar refractivity (Wildman–Crippen MR) is 81.0 cm³/mol. The standard InChI is InChI=1S/C14H17ClN4O/c1-9(2)7-19-14(20)10(6-16)8-18-11-3-4-13(17)12(15)5-11/h3-5,8-9,18H,7,17H2,1-2H3,(H,19,20)/b10-8-. The van der Waals surface area contributed by atoms with Gasteiger partial charge >= 0.3 is 0 Å². The normalized spacial score (nSPS) is 11.1. The van der Waals surface area contributed by atoms with E-state index in [-0.39, 0.29) is 5.57 Å². The van der Waals surface area contributed by atoms with Crippen LogP contribution in [0.15, 0.2) is 30.0 Å². The average Bonchev–Trinajstić information content (AvgIpc) is 2.41. The number of anilines is 2. The molecule has 0 saturated heterocycles. The fraction of sp³-hybridized carbons (Fsp3) is 0.286. The van der Waals surface area contributed by atoms with Crippen LogP contribution in [0.4, 0.5) is 11.4 Å². The van der Waals surface area contributed by atoms with Crippen molar-refractivity contribution in [2.24, 2.45) is 5.92 Å². The lowest BCUT2D eigenvalue weighted by atomic mass is 10.2. The number of carbonyl (C=O) groups excluding carboxylic acids is 1. The van der Waals surface area contributed by atoms with Crippen molar-refractivity contribution < 1.29 is 4.79 Å². The van der Waals surface area contributed by atoms with Gasteiger partial charge < -0.3 is 16.4 Å². The molecule has 106 valence electrons. The third-order valence-corrected chi connectivity index (χ3v) is 2.75. The lowest BCUT2D eigenvalue weighted by molar-refractivity contribution is -0.117. The van der Waals surface area contributed by atoms with E-state index in [2.05, 4.69) is 10.6 Å². The molecule has 5 nitrogen and oxygen atoms in total. The summed E-state index contributed by atoms with van der Waals surface area (Å²) < 4.78 is 0. The number of nitrogens with zero attached hydrogens (tertiary/aromatic N) is 1. The Hall–Kier alpha value is -2.19. The van der Waals surface area contributed by atoms with Crippen molar-refractivity contribution in [3.8, 4) is 6.07 Å². The van der Waals surface area contributed by atoms with Crippen LogP contribution in [0.2, 0.25) is 5.02 Å². The van der Waals surface area contributed by atoms with Crippen molar-refractivity contribution >= 4 is 28.9 Å². The summed E-state index contributed by atoms with van der Waals surface area (Å²) >= 11 is 5.88. The number of hydrogen-bond donors (Lipinski definition) is 3. The Morgan fingerprint density at radius 2 is 2.25 bits per heavy atom. The van der Waals surface area contributed by atoms with Crippen molar-refractivity contribution in [2.45, 2.75) is 13.8 Å². The number of nitrogens with one attached hydrogen (secondary N) is 2. The van der Waals surface area contributed by atoms with Crippen LogP contribution in [0.1, 0.15) is 13.8 Å². The molecule has 6 heteroatoms. The van der Waals surface area contributed by atoms with Gasteiger partial charge in [-0.2, -0.15) is 5.26 Å². The van der Waals surface area contributed by atoms with Crippen LogP contribution < -0.4 is 16.4 Å². The molecular formula is C14H17ClN4O. The van der Waals surface area contributed by atoms with E-state index in [1.807, 2.05) is 19.9 Å². The molecule has 1 aromatic carbocycles. The monoisotopic (exact) mass is 292 g/mol. The Morgan fingerprint density at radius 1 is 1.55 bits per heavy atom. The molecule has 0 aromatic heterocycles. The average molecular weight is 293 g/mol. The van der Waals surface area contributed by atoms with Gasteiger partial charge in [0.25, 0.3) is 5.91 Å². The van der Waals surface area contributed by atoms with Crippen LogP contribution in [0.3, 0.4) is 0 Å². The quantitative estimate of drug-likeness (QED) is 0.442. The van der Waals surface area contributed by atoms with Crippen molar-refractivity contribution in [1.82, 2.24) is 5.32 Å². The van der Waals surface area contributed by atoms with Gasteiger partial charge in [0.2, 0.25) is 0 Å². The number of carbonyl (C=O) groups is 1. The zero-order valence-electron chi connectivity index (χ0n) is 11.4. The minimum absolute atomic E-state index is 0.00130. The summed E-state index contributed by atoms with van der Waals surface area (Å²) in [6.45, 7) is 4.47. The van der Waals surface area contributed by atoms with Crippen LogP contribution >= 0.6 is 11.6 Å². The molecule has 0 aliphatic rings. The van der Waals surface area contributed by atoms with Gasteiger partial charge in [-0.25, -0.2) is 0 Å². The highest BCUT2D eigenvalue weighted by atomic mass is 35.5. The molecule has 0 spiro atoms. The van der Waals surface area contributed by atoms with E-state index in [9.17, 15) is 4.79 Å². The second-order valence-corrected chi connectivity index (χ2v) is 5.06. The van der Waals surface area contributed by atoms with Gasteiger partial charge in [0.1, 0.15) is 11.6 Å². The zero-order valence-corrected chi connectivity index (χ0v) is 12.2. The number of amides is 1. The van der Waals surface area contributed by atoms with Crippen LogP contribution in [0, 0.1) is 17.2 Å². The lowest BCUT2D eigenvalue weighted by Gasteiger charge is -2.07. The molecule has 20 heavy (non-hydrogen) atoms. The van der Waals surface area contributed by atoms with Crippen molar-refractivity contribution in [3.05, 3.63) is 35.0 Å². The molecular weight excluding hydrogens is 276 g/mol. The highest BCUT2D eigenvalue weighted by Gasteiger charge is 2.08. The van der Waals surface area contributed by atoms with Gasteiger partial charge in [-0.05, 0) is 24.1 Å². The highest BCUT2D eigenvalue weighted by molar-refractivity contribution is 6.33. The highest BCUT2D eigenvalue weighted by Crippen LogP contribution is 2.22. The van der Waals surface area contributed by atoms with Gasteiger partial charge in [-0.15, -0.1) is 0 Å². The minimum atomic E-state index is -0.407. The number of nitrogens with two attached hydrogens (primary N) is 1. The molecule has 1 rings (SSSR count). The van der Waals surface area contributed by atoms with Gasteiger partial charge in [0, 0.05) is 18.4 Å². The summed E-state index contributed by atoms with van der Waals surface area (Å²) in [6.07, 6.45) is 1.34. The van der Waals surface area contributed by atoms with Crippen molar-refractivity contribution in [1.29, 1.82) is 5.26 Å². The van der Waals surface area contributed by atoms with Crippen LogP contribution in [0.5, 0.6) is 0 Å². The largest absolute Gasteiger partial charge is 0.398 e. The predicted octanol–water partition coefficient (Wildman–Crippen LogP) is 2.51. The maximum absolute atomic E-state index is 11.7. The second kappa shape index (κ2) is 7.41. The van der Waals surface area contributed by atoms with Crippen molar-refractivity contribution in [3.63, 3.8) is 0 Å². The first-order valence-corrected chi connectivity index (χ1v) is 6.52. The molecule has 0 radical (unpaired) electrons. The van der Waals surface area contributed by atoms with Crippen LogP contribution in [-0.4, -0.2) is 12.5 Å². The third-order valence-electron chi connectivity index (χ3n) is 2.42. The Labute approximate surface area is 123 Å². The molecule has 0 heterocycles. The first-order valence-electron chi connectivity index (χ1n) is 6.14. The summed E-state index contributed by atoms with van der Waals surface area (Å²) in [5, 5.41) is 14.9. The fourth-order valence-corrected chi connectivity index (χ4v) is 1.49. The van der Waals surface area contributed by atoms with Gasteiger partial charge in [-0.1, -0.05) is 25.4 Å². The molecule has 1 amide bonds. The minimum Gasteiger partial charge on any atom is -0.398 e. The van der Waals surface area contributed by atoms with Gasteiger partial charge in [-0.3, -0.25) is 4.79 Å². The molecule has 0 unspecified atom stereocenters. The van der Waals surface area contributed by atoms with E-state index in [1.54, 1.807) is 18.2 Å². The summed E-state index contributed by atoms with van der Waals surface area (Å²) in [5.74, 6) is -0.0852. The number of hydrogen-bond acceptors (Lipinski definition) is 4. The number of nitriles is 1. The van der Waals surface area contributed by atoms with E-state index in [4.69, 9.17) is 22.6 Å².